The SMILES string of the molecule is Oc1ccc(CNC2CCCCC2)cc1.[Cl-].[H+]. The van der Waals surface area contributed by atoms with E-state index in [0.717, 1.165) is 6.54 Å². The van der Waals surface area contributed by atoms with Gasteiger partial charge in [-0.15, -0.1) is 0 Å². The number of phenols is 1. The second-order valence-corrected chi connectivity index (χ2v) is 4.38. The lowest BCUT2D eigenvalue weighted by molar-refractivity contribution is -0.00000424. The van der Waals surface area contributed by atoms with Crippen molar-refractivity contribution in [3.8, 4) is 5.75 Å². The zero-order valence-corrected chi connectivity index (χ0v) is 10.2. The minimum Gasteiger partial charge on any atom is -1.00 e. The van der Waals surface area contributed by atoms with E-state index in [1.807, 2.05) is 12.1 Å². The van der Waals surface area contributed by atoms with Gasteiger partial charge in [-0.1, -0.05) is 31.4 Å². The third-order valence-corrected chi connectivity index (χ3v) is 3.14. The molecule has 2 rings (SSSR count). The number of rotatable bonds is 3. The molecule has 0 saturated heterocycles. The van der Waals surface area contributed by atoms with E-state index in [0.29, 0.717) is 11.8 Å². The van der Waals surface area contributed by atoms with Crippen LogP contribution in [-0.2, 0) is 6.54 Å². The summed E-state index contributed by atoms with van der Waals surface area (Å²) in [5, 5.41) is 12.7. The summed E-state index contributed by atoms with van der Waals surface area (Å²) in [6.45, 7) is 0.922. The summed E-state index contributed by atoms with van der Waals surface area (Å²) in [6.07, 6.45) is 6.77. The molecule has 0 amide bonds. The first-order chi connectivity index (χ1) is 7.34. The Morgan fingerprint density at radius 3 is 2.38 bits per heavy atom. The van der Waals surface area contributed by atoms with Crippen LogP contribution in [0.4, 0.5) is 0 Å². The Bertz CT molecular complexity index is 299. The highest BCUT2D eigenvalue weighted by molar-refractivity contribution is 5.25. The van der Waals surface area contributed by atoms with Crippen LogP contribution in [0.25, 0.3) is 0 Å². The van der Waals surface area contributed by atoms with Crippen LogP contribution in [-0.4, -0.2) is 11.1 Å². The number of aromatic hydroxyl groups is 1. The molecule has 0 radical (unpaired) electrons. The van der Waals surface area contributed by atoms with Gasteiger partial charge in [0, 0.05) is 12.6 Å². The van der Waals surface area contributed by atoms with Gasteiger partial charge >= 0.3 is 1.43 Å². The van der Waals surface area contributed by atoms with Crippen LogP contribution < -0.4 is 17.7 Å². The van der Waals surface area contributed by atoms with Crippen LogP contribution in [0.5, 0.6) is 5.75 Å². The van der Waals surface area contributed by atoms with Gasteiger partial charge in [0.2, 0.25) is 0 Å². The zero-order valence-electron chi connectivity index (χ0n) is 10.5. The van der Waals surface area contributed by atoms with Crippen LogP contribution >= 0.6 is 0 Å². The fourth-order valence-electron chi connectivity index (χ4n) is 2.18. The molecule has 1 aliphatic carbocycles. The Morgan fingerprint density at radius 2 is 1.75 bits per heavy atom. The molecule has 16 heavy (non-hydrogen) atoms. The van der Waals surface area contributed by atoms with Crippen molar-refractivity contribution in [2.75, 3.05) is 0 Å². The van der Waals surface area contributed by atoms with Crippen LogP contribution in [0.15, 0.2) is 24.3 Å². The molecule has 0 aromatic heterocycles. The highest BCUT2D eigenvalue weighted by Gasteiger charge is 2.11. The lowest BCUT2D eigenvalue weighted by atomic mass is 9.95. The molecule has 90 valence electrons. The number of benzene rings is 1. The maximum Gasteiger partial charge on any atom is 1.00 e. The Labute approximate surface area is 105 Å². The molecule has 0 atom stereocenters. The van der Waals surface area contributed by atoms with Crippen molar-refractivity contribution < 1.29 is 18.9 Å². The molecule has 1 aliphatic rings. The minimum atomic E-state index is 0. The summed E-state index contributed by atoms with van der Waals surface area (Å²) in [5.74, 6) is 0.344. The summed E-state index contributed by atoms with van der Waals surface area (Å²) in [5.41, 5.74) is 1.25. The van der Waals surface area contributed by atoms with Gasteiger partial charge in [-0.05, 0) is 30.5 Å². The normalized spacial score (nSPS) is 16.8. The first kappa shape index (κ1) is 13.3. The quantitative estimate of drug-likeness (QED) is 0.777. The van der Waals surface area contributed by atoms with Crippen LogP contribution in [0.2, 0.25) is 0 Å². The summed E-state index contributed by atoms with van der Waals surface area (Å²) in [4.78, 5) is 0. The van der Waals surface area contributed by atoms with Gasteiger partial charge in [0.05, 0.1) is 0 Å². The Kier molecular flexibility index (Phi) is 5.64. The van der Waals surface area contributed by atoms with Gasteiger partial charge in [0.25, 0.3) is 0 Å². The van der Waals surface area contributed by atoms with Crippen molar-refractivity contribution in [1.29, 1.82) is 0 Å². The number of hydrogen-bond acceptors (Lipinski definition) is 2. The maximum absolute atomic E-state index is 9.15. The molecule has 0 unspecified atom stereocenters. The van der Waals surface area contributed by atoms with E-state index in [9.17, 15) is 0 Å². The minimum absolute atomic E-state index is 0. The number of hydrogen-bond donors (Lipinski definition) is 2. The highest BCUT2D eigenvalue weighted by atomic mass is 35.5. The lowest BCUT2D eigenvalue weighted by Gasteiger charge is -2.22. The summed E-state index contributed by atoms with van der Waals surface area (Å²) in [6, 6.07) is 8.15. The fourth-order valence-corrected chi connectivity index (χ4v) is 2.18. The molecule has 3 heteroatoms. The molecule has 1 aromatic rings. The second-order valence-electron chi connectivity index (χ2n) is 4.38. The van der Waals surface area contributed by atoms with Crippen molar-refractivity contribution >= 4 is 0 Å². The summed E-state index contributed by atoms with van der Waals surface area (Å²) >= 11 is 0. The van der Waals surface area contributed by atoms with Crippen molar-refractivity contribution in [2.24, 2.45) is 0 Å². The number of nitrogens with one attached hydrogen (secondary N) is 1. The van der Waals surface area contributed by atoms with Crippen LogP contribution in [0.1, 0.15) is 39.1 Å². The third kappa shape index (κ3) is 4.03. The molecular weight excluding hydrogens is 222 g/mol. The standard InChI is InChI=1S/C13H19NO.ClH/c15-13-8-6-11(7-9-13)10-14-12-4-2-1-3-5-12;/h6-9,12,14-15H,1-5,10H2;1H. The third-order valence-electron chi connectivity index (χ3n) is 3.14. The van der Waals surface area contributed by atoms with Gasteiger partial charge in [0.1, 0.15) is 5.75 Å². The van der Waals surface area contributed by atoms with Crippen LogP contribution in [0.3, 0.4) is 0 Å². The van der Waals surface area contributed by atoms with Crippen LogP contribution in [0, 0.1) is 0 Å². The molecule has 0 bridgehead atoms. The van der Waals surface area contributed by atoms with Gasteiger partial charge in [-0.25, -0.2) is 0 Å². The smallest absolute Gasteiger partial charge is 1.00 e. The average Bonchev–Trinajstić information content (AvgIpc) is 2.30. The molecule has 0 aliphatic heterocycles. The molecule has 0 spiro atoms. The van der Waals surface area contributed by atoms with E-state index in [1.165, 1.54) is 37.7 Å². The van der Waals surface area contributed by atoms with Crippen molar-refractivity contribution in [3.63, 3.8) is 0 Å². The second kappa shape index (κ2) is 6.77. The van der Waals surface area contributed by atoms with E-state index in [2.05, 4.69) is 5.32 Å². The van der Waals surface area contributed by atoms with Gasteiger partial charge in [0.15, 0.2) is 0 Å². The first-order valence-electron chi connectivity index (χ1n) is 5.86. The molecule has 2 nitrogen and oxygen atoms in total. The predicted molar refractivity (Wildman–Crippen MR) is 62.9 cm³/mol. The summed E-state index contributed by atoms with van der Waals surface area (Å²) < 4.78 is 0. The largest absolute Gasteiger partial charge is 1.00 e. The van der Waals surface area contributed by atoms with E-state index in [1.54, 1.807) is 12.1 Å². The van der Waals surface area contributed by atoms with Crippen molar-refractivity contribution in [2.45, 2.75) is 44.7 Å². The topological polar surface area (TPSA) is 32.3 Å². The van der Waals surface area contributed by atoms with E-state index >= 15 is 0 Å². The molecule has 2 N–H and O–H groups in total. The van der Waals surface area contributed by atoms with Crippen molar-refractivity contribution in [1.82, 2.24) is 5.32 Å². The zero-order chi connectivity index (χ0) is 10.5. The van der Waals surface area contributed by atoms with Crippen molar-refractivity contribution in [3.05, 3.63) is 29.8 Å². The predicted octanol–water partition coefficient (Wildman–Crippen LogP) is -0.0690. The molecule has 1 saturated carbocycles. The van der Waals surface area contributed by atoms with E-state index in [4.69, 9.17) is 5.11 Å². The van der Waals surface area contributed by atoms with Gasteiger partial charge in [-0.3, -0.25) is 0 Å². The number of phenolic OH excluding ortho intramolecular Hbond substituents is 1. The van der Waals surface area contributed by atoms with Gasteiger partial charge in [-0.2, -0.15) is 0 Å². The Morgan fingerprint density at radius 1 is 1.12 bits per heavy atom. The lowest BCUT2D eigenvalue weighted by Crippen LogP contribution is -3.00. The Balaban J connectivity index is 0.00000128. The molecule has 1 aromatic carbocycles. The number of halogens is 1. The van der Waals surface area contributed by atoms with E-state index < -0.39 is 0 Å². The average molecular weight is 242 g/mol. The first-order valence-corrected chi connectivity index (χ1v) is 5.86. The van der Waals surface area contributed by atoms with E-state index in [-0.39, 0.29) is 13.8 Å². The fraction of sp³-hybridized carbons (Fsp3) is 0.538. The monoisotopic (exact) mass is 241 g/mol. The summed E-state index contributed by atoms with van der Waals surface area (Å²) in [7, 11) is 0. The highest BCUT2D eigenvalue weighted by Crippen LogP contribution is 2.18. The molecule has 1 fully saturated rings. The van der Waals surface area contributed by atoms with Gasteiger partial charge < -0.3 is 22.8 Å². The molecule has 0 heterocycles. The molecular formula is C13H20ClNO. The maximum atomic E-state index is 9.15. The Hall–Kier alpha value is -0.730.